The molecule has 0 aromatic carbocycles. The maximum Gasteiger partial charge on any atom is 0.317 e. The number of rotatable bonds is 4. The first kappa shape index (κ1) is 15.5. The molecule has 0 spiro atoms. The van der Waals surface area contributed by atoms with Crippen molar-refractivity contribution in [1.29, 1.82) is 0 Å². The van der Waals surface area contributed by atoms with E-state index in [1.165, 1.54) is 69.5 Å². The molecule has 4 nitrogen and oxygen atoms in total. The molecule has 3 aliphatic rings. The molecule has 21 heavy (non-hydrogen) atoms. The molecule has 1 heterocycles. The first-order valence-corrected chi connectivity index (χ1v) is 9.70. The minimum absolute atomic E-state index is 0.136. The molecule has 2 amide bonds. The van der Waals surface area contributed by atoms with E-state index in [4.69, 9.17) is 0 Å². The smallest absolute Gasteiger partial charge is 0.317 e. The van der Waals surface area contributed by atoms with Gasteiger partial charge in [-0.3, -0.25) is 4.90 Å². The zero-order valence-electron chi connectivity index (χ0n) is 13.3. The predicted octanol–water partition coefficient (Wildman–Crippen LogP) is 2.54. The number of nitrogens with one attached hydrogen (secondary N) is 1. The number of carbonyl (C=O) groups is 1. The van der Waals surface area contributed by atoms with E-state index in [1.54, 1.807) is 0 Å². The molecule has 0 atom stereocenters. The van der Waals surface area contributed by atoms with Crippen LogP contribution in [0.1, 0.15) is 44.9 Å². The van der Waals surface area contributed by atoms with Gasteiger partial charge in [0.2, 0.25) is 0 Å². The number of carbonyl (C=O) groups excluding carboxylic acids is 1. The monoisotopic (exact) mass is 311 g/mol. The fourth-order valence-corrected chi connectivity index (χ4v) is 4.88. The van der Waals surface area contributed by atoms with E-state index in [0.717, 1.165) is 6.54 Å². The van der Waals surface area contributed by atoms with Gasteiger partial charge in [0.25, 0.3) is 0 Å². The van der Waals surface area contributed by atoms with Crippen molar-refractivity contribution in [2.75, 3.05) is 38.2 Å². The highest BCUT2D eigenvalue weighted by Gasteiger charge is 2.40. The molecule has 0 aromatic rings. The van der Waals surface area contributed by atoms with E-state index >= 15 is 0 Å². The number of urea groups is 1. The largest absolute Gasteiger partial charge is 0.336 e. The van der Waals surface area contributed by atoms with Gasteiger partial charge in [0.15, 0.2) is 0 Å². The Balaban J connectivity index is 1.56. The van der Waals surface area contributed by atoms with Crippen LogP contribution in [-0.2, 0) is 0 Å². The number of hydrogen-bond donors (Lipinski definition) is 1. The lowest BCUT2D eigenvalue weighted by Gasteiger charge is -2.44. The van der Waals surface area contributed by atoms with Crippen molar-refractivity contribution in [2.24, 2.45) is 0 Å². The average Bonchev–Trinajstić information content (AvgIpc) is 2.94. The summed E-state index contributed by atoms with van der Waals surface area (Å²) >= 11 is 2.06. The second-order valence-corrected chi connectivity index (χ2v) is 8.11. The van der Waals surface area contributed by atoms with Crippen molar-refractivity contribution in [3.8, 4) is 0 Å². The zero-order chi connectivity index (χ0) is 14.7. The third-order valence-corrected chi connectivity index (χ3v) is 6.67. The lowest BCUT2D eigenvalue weighted by Crippen LogP contribution is -2.58. The fourth-order valence-electron chi connectivity index (χ4n) is 3.98. The van der Waals surface area contributed by atoms with Gasteiger partial charge in [0, 0.05) is 49.8 Å². The predicted molar refractivity (Wildman–Crippen MR) is 88.9 cm³/mol. The summed E-state index contributed by atoms with van der Waals surface area (Å²) in [5, 5.41) is 3.25. The summed E-state index contributed by atoms with van der Waals surface area (Å²) in [6, 6.07) is 0.619. The highest BCUT2D eigenvalue weighted by atomic mass is 32.2. The minimum Gasteiger partial charge on any atom is -0.336 e. The van der Waals surface area contributed by atoms with Crippen molar-refractivity contribution < 1.29 is 4.79 Å². The van der Waals surface area contributed by atoms with Gasteiger partial charge in [-0.2, -0.15) is 11.8 Å². The molecule has 0 radical (unpaired) electrons. The summed E-state index contributed by atoms with van der Waals surface area (Å²) in [5.74, 6) is 2.50. The van der Waals surface area contributed by atoms with Crippen molar-refractivity contribution in [3.05, 3.63) is 0 Å². The van der Waals surface area contributed by atoms with E-state index in [0.29, 0.717) is 6.04 Å². The van der Waals surface area contributed by atoms with Crippen LogP contribution in [0.25, 0.3) is 0 Å². The number of thioether (sulfide) groups is 1. The third-order valence-electron chi connectivity index (χ3n) is 5.73. The van der Waals surface area contributed by atoms with Gasteiger partial charge in [0.05, 0.1) is 0 Å². The van der Waals surface area contributed by atoms with Gasteiger partial charge in [-0.1, -0.05) is 12.8 Å². The normalized spacial score (nSPS) is 26.3. The van der Waals surface area contributed by atoms with Gasteiger partial charge in [-0.15, -0.1) is 0 Å². The van der Waals surface area contributed by atoms with Crippen LogP contribution in [0.3, 0.4) is 0 Å². The minimum atomic E-state index is 0.136. The van der Waals surface area contributed by atoms with E-state index in [-0.39, 0.29) is 11.6 Å². The van der Waals surface area contributed by atoms with Crippen LogP contribution in [0.5, 0.6) is 0 Å². The maximum absolute atomic E-state index is 12.4. The first-order valence-electron chi connectivity index (χ1n) is 8.55. The molecular weight excluding hydrogens is 282 g/mol. The lowest BCUT2D eigenvalue weighted by molar-refractivity contribution is 0.0983. The Morgan fingerprint density at radius 1 is 1.24 bits per heavy atom. The van der Waals surface area contributed by atoms with Crippen molar-refractivity contribution in [3.63, 3.8) is 0 Å². The quantitative estimate of drug-likeness (QED) is 0.866. The van der Waals surface area contributed by atoms with Crippen molar-refractivity contribution >= 4 is 17.8 Å². The summed E-state index contributed by atoms with van der Waals surface area (Å²) in [7, 11) is 1.96. The molecule has 1 saturated heterocycles. The second kappa shape index (κ2) is 6.78. The highest BCUT2D eigenvalue weighted by molar-refractivity contribution is 7.99. The Labute approximate surface area is 133 Å². The van der Waals surface area contributed by atoms with Crippen LogP contribution in [0, 0.1) is 0 Å². The molecule has 0 aromatic heterocycles. The Kier molecular flexibility index (Phi) is 4.99. The summed E-state index contributed by atoms with van der Waals surface area (Å²) in [6.45, 7) is 3.23. The van der Waals surface area contributed by atoms with Crippen LogP contribution in [0.15, 0.2) is 0 Å². The average molecular weight is 311 g/mol. The van der Waals surface area contributed by atoms with Crippen LogP contribution >= 0.6 is 11.8 Å². The van der Waals surface area contributed by atoms with Crippen LogP contribution in [0.2, 0.25) is 0 Å². The van der Waals surface area contributed by atoms with E-state index in [1.807, 2.05) is 11.9 Å². The molecule has 1 aliphatic heterocycles. The van der Waals surface area contributed by atoms with Crippen molar-refractivity contribution in [2.45, 2.75) is 56.5 Å². The molecule has 0 unspecified atom stereocenters. The number of amides is 2. The van der Waals surface area contributed by atoms with Gasteiger partial charge < -0.3 is 10.2 Å². The van der Waals surface area contributed by atoms with Crippen LogP contribution < -0.4 is 5.32 Å². The lowest BCUT2D eigenvalue weighted by atomic mass is 9.92. The van der Waals surface area contributed by atoms with E-state index < -0.39 is 0 Å². The molecule has 3 rings (SSSR count). The molecule has 5 heteroatoms. The summed E-state index contributed by atoms with van der Waals surface area (Å²) in [4.78, 5) is 16.9. The first-order chi connectivity index (χ1) is 10.2. The van der Waals surface area contributed by atoms with Gasteiger partial charge in [-0.05, 0) is 32.1 Å². The number of hydrogen-bond acceptors (Lipinski definition) is 3. The SMILES string of the molecule is CN(C(=O)NCC1(N2CCSCC2)CCCC1)C1CCC1. The molecule has 1 N–H and O–H groups in total. The Morgan fingerprint density at radius 2 is 1.90 bits per heavy atom. The van der Waals surface area contributed by atoms with Gasteiger partial charge in [0.1, 0.15) is 0 Å². The highest BCUT2D eigenvalue weighted by Crippen LogP contribution is 2.36. The van der Waals surface area contributed by atoms with Crippen molar-refractivity contribution in [1.82, 2.24) is 15.1 Å². The topological polar surface area (TPSA) is 35.6 Å². The van der Waals surface area contributed by atoms with Crippen LogP contribution in [0.4, 0.5) is 4.79 Å². The maximum atomic E-state index is 12.4. The summed E-state index contributed by atoms with van der Waals surface area (Å²) < 4.78 is 0. The van der Waals surface area contributed by atoms with Gasteiger partial charge in [-0.25, -0.2) is 4.79 Å². The molecule has 2 aliphatic carbocycles. The molecule has 120 valence electrons. The Bertz CT molecular complexity index is 361. The summed E-state index contributed by atoms with van der Waals surface area (Å²) in [6.07, 6.45) is 8.78. The van der Waals surface area contributed by atoms with Crippen LogP contribution in [-0.4, -0.2) is 65.6 Å². The van der Waals surface area contributed by atoms with E-state index in [9.17, 15) is 4.79 Å². The molecule has 3 fully saturated rings. The number of nitrogens with zero attached hydrogens (tertiary/aromatic N) is 2. The molecule has 2 saturated carbocycles. The summed E-state index contributed by atoms with van der Waals surface area (Å²) in [5.41, 5.74) is 0.247. The third kappa shape index (κ3) is 3.34. The van der Waals surface area contributed by atoms with Gasteiger partial charge >= 0.3 is 6.03 Å². The molecular formula is C16H29N3OS. The standard InChI is InChI=1S/C16H29N3OS/c1-18(14-5-4-6-14)15(20)17-13-16(7-2-3-8-16)19-9-11-21-12-10-19/h14H,2-13H2,1H3,(H,17,20). The zero-order valence-corrected chi connectivity index (χ0v) is 14.1. The molecule has 0 bridgehead atoms. The second-order valence-electron chi connectivity index (χ2n) is 6.89. The Morgan fingerprint density at radius 3 is 2.48 bits per heavy atom. The van der Waals surface area contributed by atoms with E-state index in [2.05, 4.69) is 22.0 Å². The Hall–Kier alpha value is -0.420. The fraction of sp³-hybridized carbons (Fsp3) is 0.938.